The van der Waals surface area contributed by atoms with Gasteiger partial charge in [0.25, 0.3) is 0 Å². The summed E-state index contributed by atoms with van der Waals surface area (Å²) < 4.78 is 0. The van der Waals surface area contributed by atoms with Crippen LogP contribution in [-0.4, -0.2) is 5.11 Å². The number of phenols is 1. The van der Waals surface area contributed by atoms with Crippen molar-refractivity contribution in [2.24, 2.45) is 0 Å². The van der Waals surface area contributed by atoms with Crippen molar-refractivity contribution in [1.82, 2.24) is 0 Å². The van der Waals surface area contributed by atoms with Crippen LogP contribution >= 0.6 is 11.6 Å². The zero-order chi connectivity index (χ0) is 12.3. The molecule has 0 spiro atoms. The molecule has 2 aromatic carbocycles. The molecule has 0 aliphatic heterocycles. The van der Waals surface area contributed by atoms with Crippen LogP contribution in [0.4, 0.5) is 5.69 Å². The van der Waals surface area contributed by atoms with Gasteiger partial charge in [-0.25, -0.2) is 0 Å². The highest BCUT2D eigenvalue weighted by atomic mass is 35.5. The SMILES string of the molecule is Nc1cc(C#Cc2ccc(Cl)cc2)ccc1O. The molecule has 0 aliphatic carbocycles. The molecule has 0 fully saturated rings. The van der Waals surface area contributed by atoms with Crippen molar-refractivity contribution in [3.8, 4) is 17.6 Å². The van der Waals surface area contributed by atoms with Gasteiger partial charge in [0.1, 0.15) is 5.75 Å². The third kappa shape index (κ3) is 2.93. The molecule has 0 saturated carbocycles. The molecule has 84 valence electrons. The van der Waals surface area contributed by atoms with Gasteiger partial charge >= 0.3 is 0 Å². The van der Waals surface area contributed by atoms with Gasteiger partial charge in [-0.15, -0.1) is 0 Å². The molecule has 2 nitrogen and oxygen atoms in total. The highest BCUT2D eigenvalue weighted by Crippen LogP contribution is 2.19. The molecular formula is C14H10ClNO. The van der Waals surface area contributed by atoms with Crippen LogP contribution in [0.15, 0.2) is 42.5 Å². The molecule has 2 aromatic rings. The van der Waals surface area contributed by atoms with Crippen LogP contribution in [0.1, 0.15) is 11.1 Å². The van der Waals surface area contributed by atoms with E-state index in [0.29, 0.717) is 10.7 Å². The van der Waals surface area contributed by atoms with Crippen molar-refractivity contribution >= 4 is 17.3 Å². The summed E-state index contributed by atoms with van der Waals surface area (Å²) in [5.41, 5.74) is 7.54. The molecule has 0 bridgehead atoms. The van der Waals surface area contributed by atoms with Crippen LogP contribution in [-0.2, 0) is 0 Å². The van der Waals surface area contributed by atoms with Gasteiger partial charge in [0.05, 0.1) is 5.69 Å². The number of anilines is 1. The minimum atomic E-state index is 0.0713. The number of hydrogen-bond donors (Lipinski definition) is 2. The lowest BCUT2D eigenvalue weighted by Crippen LogP contribution is -1.86. The Morgan fingerprint density at radius 3 is 2.18 bits per heavy atom. The zero-order valence-corrected chi connectivity index (χ0v) is 9.70. The summed E-state index contributed by atoms with van der Waals surface area (Å²) in [6, 6.07) is 12.2. The molecule has 0 aromatic heterocycles. The van der Waals surface area contributed by atoms with Gasteiger partial charge in [-0.05, 0) is 42.5 Å². The molecule has 0 aliphatic rings. The summed E-state index contributed by atoms with van der Waals surface area (Å²) in [4.78, 5) is 0. The lowest BCUT2D eigenvalue weighted by molar-refractivity contribution is 0.478. The molecule has 3 heteroatoms. The van der Waals surface area contributed by atoms with Crippen LogP contribution in [0.3, 0.4) is 0 Å². The van der Waals surface area contributed by atoms with E-state index in [0.717, 1.165) is 11.1 Å². The number of aromatic hydroxyl groups is 1. The molecule has 3 N–H and O–H groups in total. The van der Waals surface area contributed by atoms with Gasteiger partial charge in [0, 0.05) is 16.1 Å². The highest BCUT2D eigenvalue weighted by Gasteiger charge is 1.95. The van der Waals surface area contributed by atoms with E-state index in [9.17, 15) is 5.11 Å². The van der Waals surface area contributed by atoms with E-state index in [1.807, 2.05) is 12.1 Å². The number of benzene rings is 2. The average molecular weight is 244 g/mol. The Morgan fingerprint density at radius 1 is 0.941 bits per heavy atom. The third-order valence-corrected chi connectivity index (χ3v) is 2.47. The number of hydrogen-bond acceptors (Lipinski definition) is 2. The highest BCUT2D eigenvalue weighted by molar-refractivity contribution is 6.30. The summed E-state index contributed by atoms with van der Waals surface area (Å²) in [6.45, 7) is 0. The van der Waals surface area contributed by atoms with Crippen LogP contribution in [0, 0.1) is 11.8 Å². The predicted octanol–water partition coefficient (Wildman–Crippen LogP) is 3.03. The first-order valence-corrected chi connectivity index (χ1v) is 5.39. The molecule has 17 heavy (non-hydrogen) atoms. The third-order valence-electron chi connectivity index (χ3n) is 2.22. The number of phenolic OH excluding ortho intramolecular Hbond substituents is 1. The second-order valence-electron chi connectivity index (χ2n) is 3.53. The van der Waals surface area contributed by atoms with Crippen LogP contribution < -0.4 is 5.73 Å². The summed E-state index contributed by atoms with van der Waals surface area (Å²) in [7, 11) is 0. The smallest absolute Gasteiger partial charge is 0.138 e. The van der Waals surface area contributed by atoms with Crippen LogP contribution in [0.25, 0.3) is 0 Å². The van der Waals surface area contributed by atoms with E-state index in [1.54, 1.807) is 24.3 Å². The van der Waals surface area contributed by atoms with Crippen molar-refractivity contribution in [3.05, 3.63) is 58.6 Å². The number of nitrogens with two attached hydrogens (primary N) is 1. The maximum Gasteiger partial charge on any atom is 0.138 e. The minimum absolute atomic E-state index is 0.0713. The normalized spacial score (nSPS) is 9.47. The summed E-state index contributed by atoms with van der Waals surface area (Å²) in [6.07, 6.45) is 0. The summed E-state index contributed by atoms with van der Waals surface area (Å²) >= 11 is 5.77. The Morgan fingerprint density at radius 2 is 1.53 bits per heavy atom. The Labute approximate surface area is 105 Å². The number of rotatable bonds is 0. The monoisotopic (exact) mass is 243 g/mol. The van der Waals surface area contributed by atoms with Crippen molar-refractivity contribution in [3.63, 3.8) is 0 Å². The van der Waals surface area contributed by atoms with E-state index in [1.165, 1.54) is 6.07 Å². The zero-order valence-electron chi connectivity index (χ0n) is 8.94. The van der Waals surface area contributed by atoms with E-state index < -0.39 is 0 Å². The van der Waals surface area contributed by atoms with E-state index in [-0.39, 0.29) is 5.75 Å². The van der Waals surface area contributed by atoms with E-state index >= 15 is 0 Å². The fourth-order valence-corrected chi connectivity index (χ4v) is 1.44. The van der Waals surface area contributed by atoms with Gasteiger partial charge < -0.3 is 10.8 Å². The largest absolute Gasteiger partial charge is 0.506 e. The summed E-state index contributed by atoms with van der Waals surface area (Å²) in [5, 5.41) is 9.96. The van der Waals surface area contributed by atoms with Gasteiger partial charge in [-0.1, -0.05) is 23.4 Å². The lowest BCUT2D eigenvalue weighted by atomic mass is 10.1. The first kappa shape index (κ1) is 11.4. The molecular weight excluding hydrogens is 234 g/mol. The topological polar surface area (TPSA) is 46.2 Å². The fourth-order valence-electron chi connectivity index (χ4n) is 1.31. The fraction of sp³-hybridized carbons (Fsp3) is 0. The Balaban J connectivity index is 2.26. The number of nitrogen functional groups attached to an aromatic ring is 1. The quantitative estimate of drug-likeness (QED) is 0.424. The Bertz CT molecular complexity index is 594. The van der Waals surface area contributed by atoms with Crippen molar-refractivity contribution in [2.75, 3.05) is 5.73 Å². The molecule has 2 rings (SSSR count). The number of halogens is 1. The molecule has 0 heterocycles. The van der Waals surface area contributed by atoms with Crippen molar-refractivity contribution in [1.29, 1.82) is 0 Å². The van der Waals surface area contributed by atoms with Crippen LogP contribution in [0.2, 0.25) is 5.02 Å². The molecule has 0 unspecified atom stereocenters. The van der Waals surface area contributed by atoms with Crippen LogP contribution in [0.5, 0.6) is 5.75 Å². The summed E-state index contributed by atoms with van der Waals surface area (Å²) in [5.74, 6) is 6.02. The second-order valence-corrected chi connectivity index (χ2v) is 3.97. The second kappa shape index (κ2) is 4.82. The molecule has 0 saturated heterocycles. The maximum absolute atomic E-state index is 9.27. The first-order chi connectivity index (χ1) is 8.15. The first-order valence-electron chi connectivity index (χ1n) is 5.01. The minimum Gasteiger partial charge on any atom is -0.506 e. The van der Waals surface area contributed by atoms with E-state index in [2.05, 4.69) is 11.8 Å². The van der Waals surface area contributed by atoms with Gasteiger partial charge in [-0.3, -0.25) is 0 Å². The molecule has 0 radical (unpaired) electrons. The molecule has 0 atom stereocenters. The van der Waals surface area contributed by atoms with Crippen molar-refractivity contribution < 1.29 is 5.11 Å². The van der Waals surface area contributed by atoms with Crippen molar-refractivity contribution in [2.45, 2.75) is 0 Å². The molecule has 0 amide bonds. The van der Waals surface area contributed by atoms with Gasteiger partial charge in [-0.2, -0.15) is 0 Å². The van der Waals surface area contributed by atoms with Gasteiger partial charge in [0.15, 0.2) is 0 Å². The Hall–Kier alpha value is -2.11. The standard InChI is InChI=1S/C14H10ClNO/c15-12-6-3-10(4-7-12)1-2-11-5-8-14(17)13(16)9-11/h3-9,17H,16H2. The van der Waals surface area contributed by atoms with E-state index in [4.69, 9.17) is 17.3 Å². The predicted molar refractivity (Wildman–Crippen MR) is 70.0 cm³/mol. The average Bonchev–Trinajstić information content (AvgIpc) is 2.33. The van der Waals surface area contributed by atoms with Gasteiger partial charge in [0.2, 0.25) is 0 Å². The Kier molecular flexibility index (Phi) is 3.22. The lowest BCUT2D eigenvalue weighted by Gasteiger charge is -1.97. The maximum atomic E-state index is 9.27.